The predicted molar refractivity (Wildman–Crippen MR) is 383 cm³/mol. The molecule has 3 unspecified atom stereocenters. The molecule has 0 saturated heterocycles. The number of phosphoric ester groups is 1. The van der Waals surface area contributed by atoms with Gasteiger partial charge in [-0.05, 0) is 109 Å². The van der Waals surface area contributed by atoms with Crippen LogP contribution in [0.2, 0.25) is 0 Å². The quantitative estimate of drug-likeness (QED) is 0.0205. The van der Waals surface area contributed by atoms with Crippen LogP contribution in [-0.2, 0) is 27.9 Å². The average Bonchev–Trinajstić information content (AvgIpc) is 3.52. The summed E-state index contributed by atoms with van der Waals surface area (Å²) in [6.07, 6.45) is 91.4. The first-order valence-electron chi connectivity index (χ1n) is 37.1. The number of unbranched alkanes of at least 4 members (excludes halogenated alkanes) is 37. The van der Waals surface area contributed by atoms with Gasteiger partial charge in [0.2, 0.25) is 5.91 Å². The van der Waals surface area contributed by atoms with Crippen LogP contribution in [-0.4, -0.2) is 74.3 Å². The van der Waals surface area contributed by atoms with Crippen molar-refractivity contribution in [2.24, 2.45) is 0 Å². The van der Waals surface area contributed by atoms with Crippen LogP contribution in [0.25, 0.3) is 0 Å². The molecule has 0 heterocycles. The van der Waals surface area contributed by atoms with Crippen molar-refractivity contribution < 1.29 is 37.3 Å². The highest BCUT2D eigenvalue weighted by molar-refractivity contribution is 7.47. The molecule has 0 aromatic rings. The van der Waals surface area contributed by atoms with Crippen LogP contribution >= 0.6 is 7.82 Å². The number of esters is 1. The van der Waals surface area contributed by atoms with Crippen molar-refractivity contribution in [3.63, 3.8) is 0 Å². The first-order valence-corrected chi connectivity index (χ1v) is 38.6. The molecule has 0 aliphatic rings. The molecule has 0 saturated carbocycles. The maximum Gasteiger partial charge on any atom is 0.472 e. The lowest BCUT2D eigenvalue weighted by molar-refractivity contribution is -0.870. The number of hydrogen-bond donors (Lipinski definition) is 2. The number of likely N-dealkylation sites (N-methyl/N-ethyl adjacent to an activating group) is 1. The number of ether oxygens (including phenoxy) is 1. The van der Waals surface area contributed by atoms with Gasteiger partial charge >= 0.3 is 13.8 Å². The van der Waals surface area contributed by atoms with Gasteiger partial charge in [-0.3, -0.25) is 18.6 Å². The van der Waals surface area contributed by atoms with E-state index in [-0.39, 0.29) is 31.5 Å². The molecule has 0 aliphatic carbocycles. The number of hydrogen-bond acceptors (Lipinski definition) is 6. The Morgan fingerprint density at radius 2 is 0.727 bits per heavy atom. The SMILES string of the molecule is CC/C=C\C/C=C\C/C=C\C/C=C\C/C=C\CCCCCCCCCCCC(=O)OC(/C=C/CCCCCCCCCCCC)C(COP(=O)(O)OCC[N+](C)(C)C)NC(=O)CCCCCCCCCCCCCCCCC/C=C\C/C=C\CCCCC. The Labute approximate surface area is 545 Å². The molecule has 10 heteroatoms. The van der Waals surface area contributed by atoms with E-state index in [0.717, 1.165) is 109 Å². The van der Waals surface area contributed by atoms with Gasteiger partial charge in [0.1, 0.15) is 19.3 Å². The predicted octanol–water partition coefficient (Wildman–Crippen LogP) is 23.8. The Balaban J connectivity index is 5.03. The summed E-state index contributed by atoms with van der Waals surface area (Å²) >= 11 is 0. The second-order valence-electron chi connectivity index (χ2n) is 26.1. The summed E-state index contributed by atoms with van der Waals surface area (Å²) in [5.74, 6) is -0.505. The number of nitrogens with one attached hydrogen (secondary N) is 1. The highest BCUT2D eigenvalue weighted by atomic mass is 31.2. The van der Waals surface area contributed by atoms with E-state index in [1.54, 1.807) is 0 Å². The normalized spacial score (nSPS) is 14.0. The van der Waals surface area contributed by atoms with Gasteiger partial charge in [0.15, 0.2) is 0 Å². The summed E-state index contributed by atoms with van der Waals surface area (Å²) in [6, 6.07) is -0.856. The molecule has 0 radical (unpaired) electrons. The summed E-state index contributed by atoms with van der Waals surface area (Å²) in [6.45, 7) is 6.90. The van der Waals surface area contributed by atoms with Crippen molar-refractivity contribution in [3.8, 4) is 0 Å². The van der Waals surface area contributed by atoms with Crippen LogP contribution in [0.4, 0.5) is 0 Å². The number of amides is 1. The Hall–Kier alpha value is -3.07. The smallest absolute Gasteiger partial charge is 0.456 e. The van der Waals surface area contributed by atoms with E-state index in [4.69, 9.17) is 13.8 Å². The van der Waals surface area contributed by atoms with Crippen molar-refractivity contribution in [2.45, 2.75) is 348 Å². The van der Waals surface area contributed by atoms with Crippen LogP contribution in [0.15, 0.2) is 97.2 Å². The lowest BCUT2D eigenvalue weighted by atomic mass is 10.0. The summed E-state index contributed by atoms with van der Waals surface area (Å²) in [5.41, 5.74) is 0. The van der Waals surface area contributed by atoms with E-state index in [2.05, 4.69) is 111 Å². The third-order valence-electron chi connectivity index (χ3n) is 16.3. The van der Waals surface area contributed by atoms with E-state index < -0.39 is 20.0 Å². The van der Waals surface area contributed by atoms with Crippen LogP contribution in [0.3, 0.4) is 0 Å². The standard InChI is InChI=1S/C78H141N2O7P/c1-7-10-13-16-19-22-25-28-30-32-34-36-38-40-42-44-46-48-50-52-55-58-61-64-67-70-77(81)79-75(74-86-88(83,84)85-73-72-80(4,5)6)76(69-66-63-60-57-54-27-24-21-18-15-12-9-3)87-78(82)71-68-65-62-59-56-53-51-49-47-45-43-41-39-37-35-33-31-29-26-23-20-17-14-11-8-2/h11,14,19-20,22-23,28-31,35,37,41,43,66,69,75-76H,7-10,12-13,15-18,21,24-27,32-34,36,38-40,42,44-65,67-68,70-74H2,1-6H3,(H-,79,81,83,84)/p+1/b14-11-,22-19-,23-20-,30-28-,31-29-,37-35-,43-41-,69-66+. The number of rotatable bonds is 67. The Bertz CT molecular complexity index is 1830. The van der Waals surface area contributed by atoms with Gasteiger partial charge in [0.05, 0.1) is 33.8 Å². The topological polar surface area (TPSA) is 111 Å². The van der Waals surface area contributed by atoms with Crippen molar-refractivity contribution in [2.75, 3.05) is 40.9 Å². The third kappa shape index (κ3) is 67.3. The van der Waals surface area contributed by atoms with Crippen LogP contribution in [0.5, 0.6) is 0 Å². The van der Waals surface area contributed by atoms with Crippen molar-refractivity contribution in [1.29, 1.82) is 0 Å². The van der Waals surface area contributed by atoms with Gasteiger partial charge in [-0.2, -0.15) is 0 Å². The Morgan fingerprint density at radius 1 is 0.409 bits per heavy atom. The molecular weight excluding hydrogens is 1110 g/mol. The van der Waals surface area contributed by atoms with Crippen molar-refractivity contribution in [3.05, 3.63) is 97.2 Å². The highest BCUT2D eigenvalue weighted by Gasteiger charge is 2.30. The largest absolute Gasteiger partial charge is 0.472 e. The second kappa shape index (κ2) is 66.8. The molecule has 88 heavy (non-hydrogen) atoms. The summed E-state index contributed by atoms with van der Waals surface area (Å²) in [5, 5.41) is 3.08. The monoisotopic (exact) mass is 1250 g/mol. The number of carbonyl (C=O) groups excluding carboxylic acids is 2. The molecule has 0 fully saturated rings. The van der Waals surface area contributed by atoms with Gasteiger partial charge in [-0.1, -0.05) is 311 Å². The maximum absolute atomic E-state index is 13.6. The first kappa shape index (κ1) is 84.9. The van der Waals surface area contributed by atoms with Gasteiger partial charge in [-0.15, -0.1) is 0 Å². The zero-order valence-electron chi connectivity index (χ0n) is 58.5. The Kier molecular flexibility index (Phi) is 64.5. The fourth-order valence-electron chi connectivity index (χ4n) is 10.6. The van der Waals surface area contributed by atoms with Crippen LogP contribution < -0.4 is 5.32 Å². The lowest BCUT2D eigenvalue weighted by Crippen LogP contribution is -2.47. The van der Waals surface area contributed by atoms with Gasteiger partial charge in [-0.25, -0.2) is 4.57 Å². The van der Waals surface area contributed by atoms with Gasteiger partial charge < -0.3 is 19.4 Å². The molecule has 0 rings (SSSR count). The second-order valence-corrected chi connectivity index (χ2v) is 27.5. The molecule has 9 nitrogen and oxygen atoms in total. The van der Waals surface area contributed by atoms with Gasteiger partial charge in [0.25, 0.3) is 0 Å². The maximum atomic E-state index is 13.6. The minimum absolute atomic E-state index is 0.0366. The zero-order chi connectivity index (χ0) is 64.2. The highest BCUT2D eigenvalue weighted by Crippen LogP contribution is 2.43. The molecule has 1 amide bonds. The van der Waals surface area contributed by atoms with E-state index in [1.807, 2.05) is 33.3 Å². The van der Waals surface area contributed by atoms with Crippen LogP contribution in [0, 0.1) is 0 Å². The summed E-state index contributed by atoms with van der Waals surface area (Å²) < 4.78 is 30.9. The number of nitrogens with zero attached hydrogens (tertiary/aromatic N) is 1. The fourth-order valence-corrected chi connectivity index (χ4v) is 11.3. The minimum Gasteiger partial charge on any atom is -0.456 e. The number of quaternary nitrogens is 1. The molecule has 0 bridgehead atoms. The zero-order valence-corrected chi connectivity index (χ0v) is 59.3. The third-order valence-corrected chi connectivity index (χ3v) is 17.2. The number of allylic oxidation sites excluding steroid dienone is 15. The van der Waals surface area contributed by atoms with E-state index in [9.17, 15) is 19.0 Å². The number of carbonyl (C=O) groups is 2. The number of phosphoric acid groups is 1. The molecule has 0 aliphatic heterocycles. The average molecular weight is 1250 g/mol. The molecule has 0 spiro atoms. The molecule has 0 aromatic heterocycles. The minimum atomic E-state index is -4.46. The van der Waals surface area contributed by atoms with Crippen molar-refractivity contribution in [1.82, 2.24) is 5.32 Å². The molecule has 2 N–H and O–H groups in total. The fraction of sp³-hybridized carbons (Fsp3) is 0.769. The molecule has 3 atom stereocenters. The first-order chi connectivity index (χ1) is 42.9. The van der Waals surface area contributed by atoms with E-state index in [1.165, 1.54) is 193 Å². The van der Waals surface area contributed by atoms with Gasteiger partial charge in [0, 0.05) is 12.8 Å². The van der Waals surface area contributed by atoms with Crippen LogP contribution in [0.1, 0.15) is 335 Å². The summed E-state index contributed by atoms with van der Waals surface area (Å²) in [4.78, 5) is 38.0. The van der Waals surface area contributed by atoms with Crippen molar-refractivity contribution >= 4 is 19.7 Å². The molecule has 510 valence electrons. The van der Waals surface area contributed by atoms with E-state index in [0.29, 0.717) is 17.4 Å². The molecular formula is C78H142N2O7P+. The van der Waals surface area contributed by atoms with E-state index >= 15 is 0 Å². The Morgan fingerprint density at radius 3 is 1.11 bits per heavy atom. The lowest BCUT2D eigenvalue weighted by Gasteiger charge is -2.27. The summed E-state index contributed by atoms with van der Waals surface area (Å²) in [7, 11) is 1.49. The molecule has 0 aromatic carbocycles.